The number of aromatic nitrogens is 1. The van der Waals surface area contributed by atoms with Gasteiger partial charge in [0.05, 0.1) is 0 Å². The van der Waals surface area contributed by atoms with E-state index in [0.717, 1.165) is 23.7 Å². The number of hydrogen-bond donors (Lipinski definition) is 2. The molecule has 0 unspecified atom stereocenters. The summed E-state index contributed by atoms with van der Waals surface area (Å²) < 4.78 is 5.14. The molecule has 1 aliphatic carbocycles. The lowest BCUT2D eigenvalue weighted by Crippen LogP contribution is -2.45. The van der Waals surface area contributed by atoms with Crippen molar-refractivity contribution in [3.05, 3.63) is 36.0 Å². The number of aromatic amines is 1. The largest absolute Gasteiger partial charge is 0.451 e. The van der Waals surface area contributed by atoms with Gasteiger partial charge in [-0.05, 0) is 30.4 Å². The van der Waals surface area contributed by atoms with Crippen molar-refractivity contribution >= 4 is 22.8 Å². The monoisotopic (exact) mass is 328 g/mol. The number of amides is 1. The number of esters is 1. The first-order chi connectivity index (χ1) is 11.5. The Hall–Kier alpha value is -2.30. The standard InChI is InChI=1S/C19H24N2O3/c1-12-6-5-9-15(13(12)2)21-18(22)11-24-19(23)17-10-14-7-3-4-8-16(14)20-17/h3-4,7-8,10,12-13,15,20H,5-6,9,11H2,1-2H3,(H,21,22)/t12-,13+,15-/m0/s1. The topological polar surface area (TPSA) is 71.2 Å². The average Bonchev–Trinajstić information content (AvgIpc) is 3.01. The minimum absolute atomic E-state index is 0.174. The van der Waals surface area contributed by atoms with Gasteiger partial charge in [0.2, 0.25) is 0 Å². The Balaban J connectivity index is 1.53. The molecule has 1 aliphatic rings. The second kappa shape index (κ2) is 7.07. The predicted molar refractivity (Wildman–Crippen MR) is 92.7 cm³/mol. The summed E-state index contributed by atoms with van der Waals surface area (Å²) in [6, 6.07) is 9.53. The molecule has 1 saturated carbocycles. The van der Waals surface area contributed by atoms with Crippen LogP contribution in [-0.2, 0) is 9.53 Å². The third-order valence-electron chi connectivity index (χ3n) is 5.14. The molecule has 0 bridgehead atoms. The maximum absolute atomic E-state index is 12.1. The summed E-state index contributed by atoms with van der Waals surface area (Å²) in [4.78, 5) is 27.2. The molecule has 3 rings (SSSR count). The fourth-order valence-electron chi connectivity index (χ4n) is 3.43. The molecule has 0 radical (unpaired) electrons. The van der Waals surface area contributed by atoms with E-state index in [2.05, 4.69) is 24.1 Å². The summed E-state index contributed by atoms with van der Waals surface area (Å²) >= 11 is 0. The lowest BCUT2D eigenvalue weighted by atomic mass is 9.78. The van der Waals surface area contributed by atoms with Crippen LogP contribution in [-0.4, -0.2) is 29.5 Å². The molecular weight excluding hydrogens is 304 g/mol. The molecule has 2 aromatic rings. The normalized spacial score (nSPS) is 23.8. The molecule has 2 N–H and O–H groups in total. The first kappa shape index (κ1) is 16.6. The van der Waals surface area contributed by atoms with Crippen LogP contribution in [0.3, 0.4) is 0 Å². The molecule has 128 valence electrons. The van der Waals surface area contributed by atoms with Gasteiger partial charge >= 0.3 is 5.97 Å². The number of carbonyl (C=O) groups is 2. The fraction of sp³-hybridized carbons (Fsp3) is 0.474. The molecule has 1 aromatic heterocycles. The van der Waals surface area contributed by atoms with Crippen LogP contribution >= 0.6 is 0 Å². The van der Waals surface area contributed by atoms with E-state index >= 15 is 0 Å². The summed E-state index contributed by atoms with van der Waals surface area (Å²) in [6.45, 7) is 4.15. The quantitative estimate of drug-likeness (QED) is 0.846. The van der Waals surface area contributed by atoms with Crippen LogP contribution < -0.4 is 5.32 Å². The van der Waals surface area contributed by atoms with E-state index in [1.165, 1.54) is 6.42 Å². The predicted octanol–water partition coefficient (Wildman–Crippen LogP) is 3.27. The van der Waals surface area contributed by atoms with Crippen molar-refractivity contribution in [3.8, 4) is 0 Å². The Bertz CT molecular complexity index is 704. The number of nitrogens with one attached hydrogen (secondary N) is 2. The Labute approximate surface area is 141 Å². The van der Waals surface area contributed by atoms with Gasteiger partial charge in [-0.3, -0.25) is 4.79 Å². The van der Waals surface area contributed by atoms with Gasteiger partial charge in [-0.15, -0.1) is 0 Å². The molecule has 1 heterocycles. The molecule has 0 saturated heterocycles. The maximum atomic E-state index is 12.1. The number of fused-ring (bicyclic) bond motifs is 1. The summed E-state index contributed by atoms with van der Waals surface area (Å²) in [5.74, 6) is 0.321. The molecule has 1 aromatic carbocycles. The van der Waals surface area contributed by atoms with E-state index in [9.17, 15) is 9.59 Å². The van der Waals surface area contributed by atoms with E-state index < -0.39 is 5.97 Å². The van der Waals surface area contributed by atoms with E-state index in [1.807, 2.05) is 24.3 Å². The van der Waals surface area contributed by atoms with Crippen molar-refractivity contribution in [2.75, 3.05) is 6.61 Å². The van der Waals surface area contributed by atoms with Crippen molar-refractivity contribution in [2.24, 2.45) is 11.8 Å². The summed E-state index contributed by atoms with van der Waals surface area (Å²) in [7, 11) is 0. The SMILES string of the molecule is C[C@H]1[C@@H](NC(=O)COC(=O)c2cc3ccccc3[nH]2)CCC[C@@H]1C. The van der Waals surface area contributed by atoms with E-state index in [0.29, 0.717) is 17.5 Å². The van der Waals surface area contributed by atoms with Gasteiger partial charge in [-0.2, -0.15) is 0 Å². The Morgan fingerprint density at radius 2 is 2.04 bits per heavy atom. The van der Waals surface area contributed by atoms with Crippen molar-refractivity contribution < 1.29 is 14.3 Å². The van der Waals surface area contributed by atoms with Crippen LogP contribution in [0.2, 0.25) is 0 Å². The second-order valence-corrected chi connectivity index (χ2v) is 6.79. The molecule has 5 heteroatoms. The number of para-hydroxylation sites is 1. The van der Waals surface area contributed by atoms with Crippen molar-refractivity contribution in [1.82, 2.24) is 10.3 Å². The second-order valence-electron chi connectivity index (χ2n) is 6.79. The van der Waals surface area contributed by atoms with Crippen LogP contribution in [0, 0.1) is 11.8 Å². The molecule has 3 atom stereocenters. The number of H-pyrrole nitrogens is 1. The van der Waals surface area contributed by atoms with Crippen LogP contribution in [0.1, 0.15) is 43.6 Å². The molecule has 5 nitrogen and oxygen atoms in total. The van der Waals surface area contributed by atoms with Crippen molar-refractivity contribution in [2.45, 2.75) is 39.2 Å². The van der Waals surface area contributed by atoms with Gasteiger partial charge in [-0.1, -0.05) is 44.9 Å². The summed E-state index contributed by atoms with van der Waals surface area (Å²) in [6.07, 6.45) is 3.33. The van der Waals surface area contributed by atoms with Gasteiger partial charge in [0.1, 0.15) is 5.69 Å². The molecular formula is C19H24N2O3. The third kappa shape index (κ3) is 3.61. The smallest absolute Gasteiger partial charge is 0.355 e. The highest BCUT2D eigenvalue weighted by Gasteiger charge is 2.28. The first-order valence-electron chi connectivity index (χ1n) is 8.59. The minimum atomic E-state index is -0.508. The van der Waals surface area contributed by atoms with Crippen LogP contribution in [0.5, 0.6) is 0 Å². The Kier molecular flexibility index (Phi) is 4.88. The van der Waals surface area contributed by atoms with Crippen LogP contribution in [0.25, 0.3) is 10.9 Å². The van der Waals surface area contributed by atoms with E-state index in [4.69, 9.17) is 4.74 Å². The van der Waals surface area contributed by atoms with Crippen LogP contribution in [0.15, 0.2) is 30.3 Å². The summed E-state index contributed by atoms with van der Waals surface area (Å²) in [5.41, 5.74) is 1.24. The van der Waals surface area contributed by atoms with Gasteiger partial charge in [0.25, 0.3) is 5.91 Å². The highest BCUT2D eigenvalue weighted by atomic mass is 16.5. The van der Waals surface area contributed by atoms with Crippen LogP contribution in [0.4, 0.5) is 0 Å². The van der Waals surface area contributed by atoms with Gasteiger partial charge in [0.15, 0.2) is 6.61 Å². The lowest BCUT2D eigenvalue weighted by molar-refractivity contribution is -0.125. The Morgan fingerprint density at radius 1 is 1.25 bits per heavy atom. The third-order valence-corrected chi connectivity index (χ3v) is 5.14. The number of ether oxygens (including phenoxy) is 1. The van der Waals surface area contributed by atoms with Gasteiger partial charge in [-0.25, -0.2) is 4.79 Å². The zero-order valence-corrected chi connectivity index (χ0v) is 14.2. The molecule has 1 amide bonds. The molecule has 24 heavy (non-hydrogen) atoms. The van der Waals surface area contributed by atoms with Gasteiger partial charge < -0.3 is 15.0 Å². The highest BCUT2D eigenvalue weighted by Crippen LogP contribution is 2.29. The maximum Gasteiger partial charge on any atom is 0.355 e. The number of benzene rings is 1. The van der Waals surface area contributed by atoms with E-state index in [-0.39, 0.29) is 18.6 Å². The molecule has 1 fully saturated rings. The highest BCUT2D eigenvalue weighted by molar-refractivity contribution is 5.95. The minimum Gasteiger partial charge on any atom is -0.451 e. The summed E-state index contributed by atoms with van der Waals surface area (Å²) in [5, 5.41) is 3.95. The Morgan fingerprint density at radius 3 is 2.83 bits per heavy atom. The number of carbonyl (C=O) groups excluding carboxylic acids is 2. The van der Waals surface area contributed by atoms with Crippen molar-refractivity contribution in [3.63, 3.8) is 0 Å². The number of hydrogen-bond acceptors (Lipinski definition) is 3. The van der Waals surface area contributed by atoms with Crippen molar-refractivity contribution in [1.29, 1.82) is 0 Å². The average molecular weight is 328 g/mol. The zero-order valence-electron chi connectivity index (χ0n) is 14.2. The van der Waals surface area contributed by atoms with Gasteiger partial charge in [0, 0.05) is 16.9 Å². The fourth-order valence-corrected chi connectivity index (χ4v) is 3.43. The lowest BCUT2D eigenvalue weighted by Gasteiger charge is -2.34. The molecule has 0 aliphatic heterocycles. The first-order valence-corrected chi connectivity index (χ1v) is 8.59. The molecule has 0 spiro atoms. The zero-order chi connectivity index (χ0) is 17.1. The van der Waals surface area contributed by atoms with E-state index in [1.54, 1.807) is 6.07 Å². The number of rotatable bonds is 4.